The number of nitrogens with zero attached hydrogens (tertiary/aromatic N) is 1. The fraction of sp³-hybridized carbons (Fsp3) is 0.600. The van der Waals surface area contributed by atoms with E-state index in [-0.39, 0.29) is 30.1 Å². The molecule has 1 aliphatic heterocycles. The molecule has 2 heterocycles. The number of hydrogen-bond donors (Lipinski definition) is 0. The van der Waals surface area contributed by atoms with E-state index in [2.05, 4.69) is 0 Å². The summed E-state index contributed by atoms with van der Waals surface area (Å²) in [7, 11) is -1.51. The summed E-state index contributed by atoms with van der Waals surface area (Å²) in [6.45, 7) is 3.58. The van der Waals surface area contributed by atoms with Crippen LogP contribution in [0.4, 0.5) is 0 Å². The molecule has 0 bridgehead atoms. The van der Waals surface area contributed by atoms with Crippen LogP contribution in [0.3, 0.4) is 0 Å². The fourth-order valence-electron chi connectivity index (χ4n) is 2.56. The maximum atomic E-state index is 12.1. The van der Waals surface area contributed by atoms with E-state index in [1.807, 2.05) is 13.8 Å². The predicted molar refractivity (Wildman–Crippen MR) is 88.5 cm³/mol. The molecule has 0 N–H and O–H groups in total. The number of aryl methyl sites for hydroxylation is 2. The van der Waals surface area contributed by atoms with E-state index in [4.69, 9.17) is 4.74 Å². The molecule has 1 unspecified atom stereocenters. The number of thiophene rings is 1. The molecule has 8 heteroatoms. The van der Waals surface area contributed by atoms with Crippen molar-refractivity contribution < 1.29 is 22.7 Å². The van der Waals surface area contributed by atoms with E-state index in [1.54, 1.807) is 13.1 Å². The first kappa shape index (κ1) is 17.9. The molecule has 23 heavy (non-hydrogen) atoms. The van der Waals surface area contributed by atoms with Crippen molar-refractivity contribution in [3.63, 3.8) is 0 Å². The molecule has 6 nitrogen and oxygen atoms in total. The van der Waals surface area contributed by atoms with Crippen LogP contribution in [-0.4, -0.2) is 56.4 Å². The Hall–Kier alpha value is -1.41. The molecule has 1 atom stereocenters. The number of esters is 1. The van der Waals surface area contributed by atoms with Crippen LogP contribution in [0.5, 0.6) is 0 Å². The zero-order valence-corrected chi connectivity index (χ0v) is 15.1. The standard InChI is InChI=1S/C15H21NO5S2/c1-4-12-10(2)7-13(22-12)15(18)21-8-14(17)16(3)11-5-6-23(19,20)9-11/h7,11H,4-6,8-9H2,1-3H3. The molecule has 1 aromatic rings. The van der Waals surface area contributed by atoms with Gasteiger partial charge in [-0.05, 0) is 31.4 Å². The summed E-state index contributed by atoms with van der Waals surface area (Å²) in [5.74, 6) is -0.820. The van der Waals surface area contributed by atoms with E-state index < -0.39 is 15.8 Å². The molecular weight excluding hydrogens is 338 g/mol. The van der Waals surface area contributed by atoms with Crippen molar-refractivity contribution in [1.82, 2.24) is 4.90 Å². The van der Waals surface area contributed by atoms with Crippen LogP contribution in [0, 0.1) is 6.92 Å². The Morgan fingerprint density at radius 1 is 1.43 bits per heavy atom. The molecular formula is C15H21NO5S2. The topological polar surface area (TPSA) is 80.8 Å². The van der Waals surface area contributed by atoms with Gasteiger partial charge in [0.2, 0.25) is 0 Å². The van der Waals surface area contributed by atoms with Crippen molar-refractivity contribution in [2.75, 3.05) is 25.2 Å². The number of sulfone groups is 1. The van der Waals surface area contributed by atoms with Gasteiger partial charge in [-0.3, -0.25) is 4.79 Å². The number of hydrogen-bond acceptors (Lipinski definition) is 6. The minimum Gasteiger partial charge on any atom is -0.451 e. The first-order valence-electron chi connectivity index (χ1n) is 7.46. The predicted octanol–water partition coefficient (Wildman–Crippen LogP) is 1.42. The lowest BCUT2D eigenvalue weighted by Crippen LogP contribution is -2.40. The van der Waals surface area contributed by atoms with Crippen LogP contribution in [0.1, 0.15) is 33.5 Å². The van der Waals surface area contributed by atoms with Gasteiger partial charge < -0.3 is 9.64 Å². The normalized spacial score (nSPS) is 19.5. The first-order chi connectivity index (χ1) is 10.7. The van der Waals surface area contributed by atoms with Gasteiger partial charge in [0, 0.05) is 18.0 Å². The molecule has 0 radical (unpaired) electrons. The van der Waals surface area contributed by atoms with Crippen molar-refractivity contribution in [3.05, 3.63) is 21.4 Å². The molecule has 1 amide bonds. The van der Waals surface area contributed by atoms with Crippen LogP contribution in [0.25, 0.3) is 0 Å². The lowest BCUT2D eigenvalue weighted by Gasteiger charge is -2.23. The maximum absolute atomic E-state index is 12.1. The number of ether oxygens (including phenoxy) is 1. The highest BCUT2D eigenvalue weighted by molar-refractivity contribution is 7.91. The SMILES string of the molecule is CCc1sc(C(=O)OCC(=O)N(C)C2CCS(=O)(=O)C2)cc1C. The number of likely N-dealkylation sites (N-methyl/N-ethyl adjacent to an activating group) is 1. The first-order valence-corrected chi connectivity index (χ1v) is 10.1. The molecule has 1 saturated heterocycles. The van der Waals surface area contributed by atoms with Crippen LogP contribution < -0.4 is 0 Å². The highest BCUT2D eigenvalue weighted by atomic mass is 32.2. The van der Waals surface area contributed by atoms with Crippen LogP contribution in [-0.2, 0) is 25.8 Å². The second-order valence-electron chi connectivity index (χ2n) is 5.71. The van der Waals surface area contributed by atoms with Crippen molar-refractivity contribution in [1.29, 1.82) is 0 Å². The molecule has 0 spiro atoms. The Morgan fingerprint density at radius 3 is 2.65 bits per heavy atom. The summed E-state index contributed by atoms with van der Waals surface area (Å²) in [5.41, 5.74) is 1.05. The summed E-state index contributed by atoms with van der Waals surface area (Å²) in [4.78, 5) is 27.0. The lowest BCUT2D eigenvalue weighted by molar-refractivity contribution is -0.134. The molecule has 0 aromatic carbocycles. The van der Waals surface area contributed by atoms with Gasteiger partial charge in [0.25, 0.3) is 5.91 Å². The third kappa shape index (κ3) is 4.32. The molecule has 0 aliphatic carbocycles. The third-order valence-corrected chi connectivity index (χ3v) is 7.13. The summed E-state index contributed by atoms with van der Waals surface area (Å²) in [5, 5.41) is 0. The van der Waals surface area contributed by atoms with Crippen LogP contribution in [0.2, 0.25) is 0 Å². The van der Waals surface area contributed by atoms with Gasteiger partial charge in [-0.15, -0.1) is 11.3 Å². The third-order valence-electron chi connectivity index (χ3n) is 4.02. The molecule has 128 valence electrons. The fourth-order valence-corrected chi connectivity index (χ4v) is 5.34. The summed E-state index contributed by atoms with van der Waals surface area (Å²) >= 11 is 1.37. The van der Waals surface area contributed by atoms with E-state index >= 15 is 0 Å². The zero-order chi connectivity index (χ0) is 17.2. The van der Waals surface area contributed by atoms with Crippen molar-refractivity contribution in [2.24, 2.45) is 0 Å². The van der Waals surface area contributed by atoms with Crippen molar-refractivity contribution in [2.45, 2.75) is 32.7 Å². The smallest absolute Gasteiger partial charge is 0.348 e. The quantitative estimate of drug-likeness (QED) is 0.743. The van der Waals surface area contributed by atoms with Crippen molar-refractivity contribution in [3.8, 4) is 0 Å². The summed E-state index contributed by atoms with van der Waals surface area (Å²) in [6, 6.07) is 1.44. The second-order valence-corrected chi connectivity index (χ2v) is 9.07. The number of amides is 1. The Balaban J connectivity index is 1.89. The second kappa shape index (κ2) is 7.00. The maximum Gasteiger partial charge on any atom is 0.348 e. The number of carbonyl (C=O) groups excluding carboxylic acids is 2. The van der Waals surface area contributed by atoms with Gasteiger partial charge in [-0.2, -0.15) is 0 Å². The van der Waals surface area contributed by atoms with E-state index in [0.29, 0.717) is 11.3 Å². The van der Waals surface area contributed by atoms with Gasteiger partial charge in [0.05, 0.1) is 11.5 Å². The lowest BCUT2D eigenvalue weighted by atomic mass is 10.2. The minimum atomic E-state index is -3.05. The van der Waals surface area contributed by atoms with Crippen LogP contribution >= 0.6 is 11.3 Å². The molecule has 1 fully saturated rings. The van der Waals surface area contributed by atoms with E-state index in [0.717, 1.165) is 16.9 Å². The molecule has 1 aromatic heterocycles. The summed E-state index contributed by atoms with van der Waals surface area (Å²) < 4.78 is 28.0. The van der Waals surface area contributed by atoms with Crippen molar-refractivity contribution >= 4 is 33.1 Å². The summed E-state index contributed by atoms with van der Waals surface area (Å²) in [6.07, 6.45) is 1.28. The molecule has 1 aliphatic rings. The number of rotatable bonds is 5. The molecule has 0 saturated carbocycles. The van der Waals surface area contributed by atoms with E-state index in [9.17, 15) is 18.0 Å². The Bertz CT molecular complexity index is 707. The number of carbonyl (C=O) groups is 2. The van der Waals surface area contributed by atoms with Gasteiger partial charge in [-0.1, -0.05) is 6.92 Å². The molecule has 2 rings (SSSR count). The van der Waals surface area contributed by atoms with E-state index in [1.165, 1.54) is 16.2 Å². The van der Waals surface area contributed by atoms with Gasteiger partial charge in [0.1, 0.15) is 4.88 Å². The highest BCUT2D eigenvalue weighted by Crippen LogP contribution is 2.23. The average molecular weight is 359 g/mol. The monoisotopic (exact) mass is 359 g/mol. The average Bonchev–Trinajstić information content (AvgIpc) is 3.05. The Labute approximate surface area is 140 Å². The zero-order valence-electron chi connectivity index (χ0n) is 13.5. The Kier molecular flexibility index (Phi) is 5.46. The van der Waals surface area contributed by atoms with Crippen LogP contribution in [0.15, 0.2) is 6.07 Å². The van der Waals surface area contributed by atoms with Gasteiger partial charge >= 0.3 is 5.97 Å². The van der Waals surface area contributed by atoms with Gasteiger partial charge in [0.15, 0.2) is 16.4 Å². The highest BCUT2D eigenvalue weighted by Gasteiger charge is 2.33. The minimum absolute atomic E-state index is 0.0207. The Morgan fingerprint density at radius 2 is 2.13 bits per heavy atom. The van der Waals surface area contributed by atoms with Gasteiger partial charge in [-0.25, -0.2) is 13.2 Å². The largest absolute Gasteiger partial charge is 0.451 e.